The van der Waals surface area contributed by atoms with Crippen molar-refractivity contribution in [1.29, 1.82) is 0 Å². The van der Waals surface area contributed by atoms with Gasteiger partial charge in [-0.25, -0.2) is 0 Å². The summed E-state index contributed by atoms with van der Waals surface area (Å²) in [5.41, 5.74) is 2.12. The van der Waals surface area contributed by atoms with Crippen molar-refractivity contribution in [3.8, 4) is 0 Å². The maximum absolute atomic E-state index is 8.75. The maximum Gasteiger partial charge on any atom is 0.134 e. The zero-order chi connectivity index (χ0) is 9.26. The molecule has 0 radical (unpaired) electrons. The van der Waals surface area contributed by atoms with Gasteiger partial charge >= 0.3 is 0 Å². The number of aliphatic hydroxyl groups excluding tert-OH is 1. The summed E-state index contributed by atoms with van der Waals surface area (Å²) in [6.45, 7) is 2.19. The summed E-state index contributed by atoms with van der Waals surface area (Å²) in [4.78, 5) is 0. The van der Waals surface area contributed by atoms with Crippen LogP contribution in [0.2, 0.25) is 0 Å². The number of furan rings is 1. The van der Waals surface area contributed by atoms with Crippen LogP contribution in [0.3, 0.4) is 0 Å². The van der Waals surface area contributed by atoms with Crippen LogP contribution in [0.25, 0.3) is 11.0 Å². The number of fused-ring (bicyclic) bond motifs is 1. The van der Waals surface area contributed by atoms with Crippen molar-refractivity contribution in [2.45, 2.75) is 13.3 Å². The van der Waals surface area contributed by atoms with Gasteiger partial charge in [-0.2, -0.15) is 0 Å². The van der Waals surface area contributed by atoms with Crippen LogP contribution in [0, 0.1) is 6.92 Å². The number of hydrogen-bond acceptors (Lipinski definition) is 2. The highest BCUT2D eigenvalue weighted by molar-refractivity contribution is 5.81. The summed E-state index contributed by atoms with van der Waals surface area (Å²) in [6, 6.07) is 7.98. The van der Waals surface area contributed by atoms with E-state index in [2.05, 4.69) is 13.0 Å². The van der Waals surface area contributed by atoms with E-state index in [9.17, 15) is 0 Å². The Bertz CT molecular complexity index is 415. The summed E-state index contributed by atoms with van der Waals surface area (Å²) in [5.74, 6) is 0.854. The van der Waals surface area contributed by atoms with Gasteiger partial charge in [0.1, 0.15) is 11.3 Å². The molecular weight excluding hydrogens is 164 g/mol. The van der Waals surface area contributed by atoms with Crippen LogP contribution in [0.5, 0.6) is 0 Å². The first-order valence-corrected chi connectivity index (χ1v) is 4.40. The molecule has 68 valence electrons. The number of benzene rings is 1. The third-order valence-corrected chi connectivity index (χ3v) is 2.19. The standard InChI is InChI=1S/C11H12O2/c1-8-3-2-4-11-10(8)7-9(13-11)5-6-12/h2-4,7,12H,5-6H2,1H3. The lowest BCUT2D eigenvalue weighted by atomic mass is 10.1. The minimum atomic E-state index is 0.138. The van der Waals surface area contributed by atoms with Gasteiger partial charge in [0.2, 0.25) is 0 Å². The zero-order valence-corrected chi connectivity index (χ0v) is 7.58. The number of aryl methyl sites for hydroxylation is 1. The lowest BCUT2D eigenvalue weighted by Crippen LogP contribution is -1.85. The molecule has 0 saturated heterocycles. The fourth-order valence-electron chi connectivity index (χ4n) is 1.49. The second kappa shape index (κ2) is 3.23. The average molecular weight is 176 g/mol. The molecule has 0 spiro atoms. The molecule has 2 heteroatoms. The normalized spacial score (nSPS) is 10.9. The highest BCUT2D eigenvalue weighted by Crippen LogP contribution is 2.22. The minimum Gasteiger partial charge on any atom is -0.461 e. The molecule has 13 heavy (non-hydrogen) atoms. The Morgan fingerprint density at radius 3 is 2.92 bits per heavy atom. The smallest absolute Gasteiger partial charge is 0.134 e. The summed E-state index contributed by atoms with van der Waals surface area (Å²) in [6.07, 6.45) is 0.591. The first-order chi connectivity index (χ1) is 6.31. The maximum atomic E-state index is 8.75. The summed E-state index contributed by atoms with van der Waals surface area (Å²) in [7, 11) is 0. The predicted molar refractivity (Wildman–Crippen MR) is 51.7 cm³/mol. The molecule has 0 bridgehead atoms. The van der Waals surface area contributed by atoms with Crippen molar-refractivity contribution in [2.24, 2.45) is 0 Å². The number of rotatable bonds is 2. The van der Waals surface area contributed by atoms with Gasteiger partial charge in [0.15, 0.2) is 0 Å². The summed E-state index contributed by atoms with van der Waals surface area (Å²) < 4.78 is 5.53. The van der Waals surface area contributed by atoms with Crippen LogP contribution in [-0.2, 0) is 6.42 Å². The average Bonchev–Trinajstić information content (AvgIpc) is 2.49. The highest BCUT2D eigenvalue weighted by atomic mass is 16.3. The van der Waals surface area contributed by atoms with Gasteiger partial charge in [-0.1, -0.05) is 12.1 Å². The van der Waals surface area contributed by atoms with E-state index in [0.29, 0.717) is 6.42 Å². The Labute approximate surface area is 76.8 Å². The van der Waals surface area contributed by atoms with E-state index in [0.717, 1.165) is 16.7 Å². The molecule has 2 nitrogen and oxygen atoms in total. The lowest BCUT2D eigenvalue weighted by molar-refractivity contribution is 0.289. The van der Waals surface area contributed by atoms with Crippen LogP contribution in [0.1, 0.15) is 11.3 Å². The quantitative estimate of drug-likeness (QED) is 0.761. The van der Waals surface area contributed by atoms with Crippen molar-refractivity contribution in [3.63, 3.8) is 0 Å². The van der Waals surface area contributed by atoms with E-state index < -0.39 is 0 Å². The van der Waals surface area contributed by atoms with Gasteiger partial charge in [0.05, 0.1) is 6.61 Å². The molecule has 1 heterocycles. The molecule has 0 amide bonds. The van der Waals surface area contributed by atoms with Gasteiger partial charge in [0, 0.05) is 11.8 Å². The lowest BCUT2D eigenvalue weighted by Gasteiger charge is -1.90. The Kier molecular flexibility index (Phi) is 2.07. The van der Waals surface area contributed by atoms with Gasteiger partial charge in [-0.15, -0.1) is 0 Å². The van der Waals surface area contributed by atoms with Crippen LogP contribution < -0.4 is 0 Å². The molecule has 0 saturated carbocycles. The van der Waals surface area contributed by atoms with Gasteiger partial charge in [-0.3, -0.25) is 0 Å². The third-order valence-electron chi connectivity index (χ3n) is 2.19. The Hall–Kier alpha value is -1.28. The Morgan fingerprint density at radius 2 is 2.23 bits per heavy atom. The first kappa shape index (κ1) is 8.32. The molecule has 1 aromatic heterocycles. The van der Waals surface area contributed by atoms with Crippen LogP contribution in [0.15, 0.2) is 28.7 Å². The van der Waals surface area contributed by atoms with Gasteiger partial charge in [-0.05, 0) is 24.6 Å². The number of aliphatic hydroxyl groups is 1. The van der Waals surface area contributed by atoms with E-state index in [4.69, 9.17) is 9.52 Å². The molecule has 0 aliphatic carbocycles. The Morgan fingerprint density at radius 1 is 1.38 bits per heavy atom. The zero-order valence-electron chi connectivity index (χ0n) is 7.58. The van der Waals surface area contributed by atoms with Crippen molar-refractivity contribution >= 4 is 11.0 Å². The number of hydrogen-bond donors (Lipinski definition) is 1. The fraction of sp³-hybridized carbons (Fsp3) is 0.273. The van der Waals surface area contributed by atoms with Gasteiger partial charge in [0.25, 0.3) is 0 Å². The molecular formula is C11H12O2. The third kappa shape index (κ3) is 1.45. The minimum absolute atomic E-state index is 0.138. The molecule has 0 atom stereocenters. The van der Waals surface area contributed by atoms with E-state index in [1.54, 1.807) is 0 Å². The molecule has 1 aromatic carbocycles. The largest absolute Gasteiger partial charge is 0.461 e. The van der Waals surface area contributed by atoms with Crippen LogP contribution >= 0.6 is 0 Å². The van der Waals surface area contributed by atoms with Gasteiger partial charge < -0.3 is 9.52 Å². The second-order valence-electron chi connectivity index (χ2n) is 3.17. The fourth-order valence-corrected chi connectivity index (χ4v) is 1.49. The SMILES string of the molecule is Cc1cccc2oc(CCO)cc12. The summed E-state index contributed by atoms with van der Waals surface area (Å²) in [5, 5.41) is 9.90. The van der Waals surface area contributed by atoms with Crippen molar-refractivity contribution in [3.05, 3.63) is 35.6 Å². The van der Waals surface area contributed by atoms with E-state index in [-0.39, 0.29) is 6.61 Å². The topological polar surface area (TPSA) is 33.4 Å². The molecule has 0 unspecified atom stereocenters. The van der Waals surface area contributed by atoms with Crippen molar-refractivity contribution in [1.82, 2.24) is 0 Å². The molecule has 2 aromatic rings. The predicted octanol–water partition coefficient (Wildman–Crippen LogP) is 2.28. The molecule has 0 aliphatic heterocycles. The molecule has 0 fully saturated rings. The highest BCUT2D eigenvalue weighted by Gasteiger charge is 2.04. The summed E-state index contributed by atoms with van der Waals surface area (Å²) >= 11 is 0. The second-order valence-corrected chi connectivity index (χ2v) is 3.17. The van der Waals surface area contributed by atoms with E-state index >= 15 is 0 Å². The first-order valence-electron chi connectivity index (χ1n) is 4.40. The molecule has 0 aliphatic rings. The van der Waals surface area contributed by atoms with Crippen LogP contribution in [0.4, 0.5) is 0 Å². The van der Waals surface area contributed by atoms with Crippen molar-refractivity contribution < 1.29 is 9.52 Å². The van der Waals surface area contributed by atoms with Crippen molar-refractivity contribution in [2.75, 3.05) is 6.61 Å². The molecule has 1 N–H and O–H groups in total. The Balaban J connectivity index is 2.55. The molecule has 2 rings (SSSR count). The van der Waals surface area contributed by atoms with E-state index in [1.807, 2.05) is 18.2 Å². The van der Waals surface area contributed by atoms with E-state index in [1.165, 1.54) is 5.56 Å². The monoisotopic (exact) mass is 176 g/mol. The van der Waals surface area contributed by atoms with Crippen LogP contribution in [-0.4, -0.2) is 11.7 Å².